The molecule has 3 atom stereocenters. The van der Waals surface area contributed by atoms with Gasteiger partial charge in [0.25, 0.3) is 0 Å². The van der Waals surface area contributed by atoms with Gasteiger partial charge in [-0.1, -0.05) is 38.1 Å². The van der Waals surface area contributed by atoms with Crippen molar-refractivity contribution in [3.05, 3.63) is 66.1 Å². The second-order valence-corrected chi connectivity index (χ2v) is 12.0. The van der Waals surface area contributed by atoms with Crippen molar-refractivity contribution in [2.45, 2.75) is 70.9 Å². The first-order valence-electron chi connectivity index (χ1n) is 15.2. The number of pyridine rings is 1. The standard InChI is InChI=1S/C33H44N6O4/c1-22(2)17-23(19-30(40)39-15-9-4-10-16-39)32(42)37-28(18-24-21-38(3)29-13-6-5-12-26(24)29)33(43)36-27(31(34)41)20-25-11-7-8-14-35-25/h5-8,11-14,21-23,27-28H,4,9-10,15-20H2,1-3H3,(H2,34,41)(H,36,43)(H,37,42)/t23?,27-,28-/m0/s1. The van der Waals surface area contributed by atoms with Crippen LogP contribution < -0.4 is 16.4 Å². The fourth-order valence-electron chi connectivity index (χ4n) is 5.87. The van der Waals surface area contributed by atoms with Crippen LogP contribution in [0.1, 0.15) is 57.2 Å². The summed E-state index contributed by atoms with van der Waals surface area (Å²) in [4.78, 5) is 59.2. The lowest BCUT2D eigenvalue weighted by atomic mass is 9.91. The number of hydrogen-bond acceptors (Lipinski definition) is 5. The smallest absolute Gasteiger partial charge is 0.243 e. The molecule has 1 aliphatic heterocycles. The van der Waals surface area contributed by atoms with Crippen molar-refractivity contribution in [1.82, 2.24) is 25.1 Å². The highest BCUT2D eigenvalue weighted by Crippen LogP contribution is 2.23. The number of carbonyl (C=O) groups excluding carboxylic acids is 4. The summed E-state index contributed by atoms with van der Waals surface area (Å²) in [7, 11) is 1.93. The van der Waals surface area contributed by atoms with Crippen LogP contribution in [0.15, 0.2) is 54.9 Å². The maximum absolute atomic E-state index is 13.8. The quantitative estimate of drug-likeness (QED) is 0.282. The molecule has 2 aromatic heterocycles. The number of nitrogens with two attached hydrogens (primary N) is 1. The molecule has 0 bridgehead atoms. The van der Waals surface area contributed by atoms with Crippen molar-refractivity contribution >= 4 is 34.5 Å². The molecule has 4 amide bonds. The van der Waals surface area contributed by atoms with E-state index >= 15 is 0 Å². The van der Waals surface area contributed by atoms with Gasteiger partial charge in [-0.15, -0.1) is 0 Å². The van der Waals surface area contributed by atoms with E-state index < -0.39 is 29.8 Å². The summed E-state index contributed by atoms with van der Waals surface area (Å²) in [5, 5.41) is 6.70. The monoisotopic (exact) mass is 588 g/mol. The third-order valence-electron chi connectivity index (χ3n) is 8.09. The summed E-state index contributed by atoms with van der Waals surface area (Å²) in [6.07, 6.45) is 7.53. The number of nitrogens with one attached hydrogen (secondary N) is 2. The lowest BCUT2D eigenvalue weighted by Gasteiger charge is -2.29. The van der Waals surface area contributed by atoms with Gasteiger partial charge in [0.2, 0.25) is 23.6 Å². The molecular weight excluding hydrogens is 544 g/mol. The van der Waals surface area contributed by atoms with E-state index in [1.165, 1.54) is 0 Å². The molecule has 43 heavy (non-hydrogen) atoms. The Hall–Kier alpha value is -4.21. The predicted octanol–water partition coefficient (Wildman–Crippen LogP) is 2.88. The van der Waals surface area contributed by atoms with Gasteiger partial charge in [-0.25, -0.2) is 0 Å². The Balaban J connectivity index is 1.58. The first-order valence-corrected chi connectivity index (χ1v) is 15.2. The van der Waals surface area contributed by atoms with Crippen LogP contribution in [-0.4, -0.2) is 63.3 Å². The number of fused-ring (bicyclic) bond motifs is 1. The topological polar surface area (TPSA) is 139 Å². The third kappa shape index (κ3) is 8.65. The van der Waals surface area contributed by atoms with E-state index in [-0.39, 0.29) is 37.0 Å². The molecular formula is C33H44N6O4. The number of nitrogens with zero attached hydrogens (tertiary/aromatic N) is 3. The van der Waals surface area contributed by atoms with Gasteiger partial charge in [0.05, 0.1) is 0 Å². The number of amides is 4. The number of aryl methyl sites for hydroxylation is 1. The van der Waals surface area contributed by atoms with Gasteiger partial charge in [-0.2, -0.15) is 0 Å². The van der Waals surface area contributed by atoms with Gasteiger partial charge in [-0.3, -0.25) is 24.2 Å². The highest BCUT2D eigenvalue weighted by molar-refractivity contribution is 5.94. The molecule has 1 saturated heterocycles. The van der Waals surface area contributed by atoms with Crippen molar-refractivity contribution in [3.63, 3.8) is 0 Å². The lowest BCUT2D eigenvalue weighted by Crippen LogP contribution is -2.55. The molecule has 10 nitrogen and oxygen atoms in total. The zero-order valence-electron chi connectivity index (χ0n) is 25.4. The summed E-state index contributed by atoms with van der Waals surface area (Å²) in [6, 6.07) is 11.2. The number of aromatic nitrogens is 2. The van der Waals surface area contributed by atoms with Gasteiger partial charge < -0.3 is 25.8 Å². The summed E-state index contributed by atoms with van der Waals surface area (Å²) in [5.41, 5.74) is 8.16. The van der Waals surface area contributed by atoms with Crippen molar-refractivity contribution in [3.8, 4) is 0 Å². The van der Waals surface area contributed by atoms with Crippen LogP contribution in [0.3, 0.4) is 0 Å². The Kier molecular flexibility index (Phi) is 10.9. The molecule has 3 aromatic rings. The molecule has 0 saturated carbocycles. The van der Waals surface area contributed by atoms with E-state index in [0.717, 1.165) is 35.7 Å². The van der Waals surface area contributed by atoms with Crippen LogP contribution in [0.4, 0.5) is 0 Å². The first kappa shape index (κ1) is 31.7. The van der Waals surface area contributed by atoms with Gasteiger partial charge in [0, 0.05) is 74.3 Å². The molecule has 1 aliphatic rings. The molecule has 4 N–H and O–H groups in total. The molecule has 0 spiro atoms. The van der Waals surface area contributed by atoms with Crippen LogP contribution in [0, 0.1) is 11.8 Å². The summed E-state index contributed by atoms with van der Waals surface area (Å²) >= 11 is 0. The normalized spacial score (nSPS) is 15.6. The number of rotatable bonds is 13. The zero-order chi connectivity index (χ0) is 30.9. The zero-order valence-corrected chi connectivity index (χ0v) is 25.4. The van der Waals surface area contributed by atoms with E-state index in [1.807, 2.05) is 60.8 Å². The minimum Gasteiger partial charge on any atom is -0.368 e. The maximum Gasteiger partial charge on any atom is 0.243 e. The highest BCUT2D eigenvalue weighted by Gasteiger charge is 2.32. The summed E-state index contributed by atoms with van der Waals surface area (Å²) in [5.74, 6) is -2.00. The summed E-state index contributed by atoms with van der Waals surface area (Å²) < 4.78 is 1.98. The molecule has 1 aromatic carbocycles. The van der Waals surface area contributed by atoms with E-state index in [1.54, 1.807) is 24.4 Å². The number of carbonyl (C=O) groups is 4. The predicted molar refractivity (Wildman–Crippen MR) is 166 cm³/mol. The van der Waals surface area contributed by atoms with Gasteiger partial charge in [0.1, 0.15) is 12.1 Å². The minimum absolute atomic E-state index is 0.0280. The van der Waals surface area contributed by atoms with E-state index in [4.69, 9.17) is 5.73 Å². The highest BCUT2D eigenvalue weighted by atomic mass is 16.2. The maximum atomic E-state index is 13.8. The number of primary amides is 1. The van der Waals surface area contributed by atoms with Gasteiger partial charge >= 0.3 is 0 Å². The molecule has 0 radical (unpaired) electrons. The van der Waals surface area contributed by atoms with Crippen LogP contribution in [-0.2, 0) is 39.1 Å². The molecule has 0 aliphatic carbocycles. The van der Waals surface area contributed by atoms with Crippen LogP contribution >= 0.6 is 0 Å². The molecule has 1 fully saturated rings. The van der Waals surface area contributed by atoms with Gasteiger partial charge in [0.15, 0.2) is 0 Å². The Bertz CT molecular complexity index is 1410. The number of benzene rings is 1. The summed E-state index contributed by atoms with van der Waals surface area (Å²) in [6.45, 7) is 5.46. The number of likely N-dealkylation sites (tertiary alicyclic amines) is 1. The Labute approximate surface area is 253 Å². The number of hydrogen-bond donors (Lipinski definition) is 3. The van der Waals surface area contributed by atoms with E-state index in [2.05, 4.69) is 15.6 Å². The minimum atomic E-state index is -1.01. The Morgan fingerprint density at radius 1 is 0.907 bits per heavy atom. The Morgan fingerprint density at radius 3 is 2.28 bits per heavy atom. The fraction of sp³-hybridized carbons (Fsp3) is 0.485. The molecule has 3 heterocycles. The average molecular weight is 589 g/mol. The average Bonchev–Trinajstić information content (AvgIpc) is 3.31. The molecule has 230 valence electrons. The van der Waals surface area contributed by atoms with Crippen molar-refractivity contribution in [2.75, 3.05) is 13.1 Å². The largest absolute Gasteiger partial charge is 0.368 e. The second-order valence-electron chi connectivity index (χ2n) is 12.0. The first-order chi connectivity index (χ1) is 20.6. The van der Waals surface area contributed by atoms with Crippen LogP contribution in [0.25, 0.3) is 10.9 Å². The van der Waals surface area contributed by atoms with Crippen molar-refractivity contribution < 1.29 is 19.2 Å². The van der Waals surface area contributed by atoms with E-state index in [0.29, 0.717) is 25.2 Å². The molecule has 1 unspecified atom stereocenters. The second kappa shape index (κ2) is 14.8. The fourth-order valence-corrected chi connectivity index (χ4v) is 5.87. The van der Waals surface area contributed by atoms with Gasteiger partial charge in [-0.05, 0) is 55.4 Å². The molecule has 10 heteroatoms. The van der Waals surface area contributed by atoms with Crippen LogP contribution in [0.5, 0.6) is 0 Å². The Morgan fingerprint density at radius 2 is 1.60 bits per heavy atom. The van der Waals surface area contributed by atoms with Crippen molar-refractivity contribution in [1.29, 1.82) is 0 Å². The number of piperidine rings is 1. The molecule has 4 rings (SSSR count). The SMILES string of the molecule is CC(C)CC(CC(=O)N1CCCCC1)C(=O)N[C@@H](Cc1cn(C)c2ccccc12)C(=O)N[C@@H](Cc1ccccn1)C(N)=O. The lowest BCUT2D eigenvalue weighted by molar-refractivity contribution is -0.138. The van der Waals surface area contributed by atoms with Crippen molar-refractivity contribution in [2.24, 2.45) is 24.6 Å². The van der Waals surface area contributed by atoms with E-state index in [9.17, 15) is 19.2 Å². The number of para-hydroxylation sites is 1. The third-order valence-corrected chi connectivity index (χ3v) is 8.09. The van der Waals surface area contributed by atoms with Crippen LogP contribution in [0.2, 0.25) is 0 Å².